The van der Waals surface area contributed by atoms with Crippen LogP contribution in [-0.4, -0.2) is 28.9 Å². The van der Waals surface area contributed by atoms with Crippen molar-refractivity contribution in [2.24, 2.45) is 5.73 Å². The summed E-state index contributed by atoms with van der Waals surface area (Å²) in [6, 6.07) is 8.25. The third-order valence-electron chi connectivity index (χ3n) is 3.15. The summed E-state index contributed by atoms with van der Waals surface area (Å²) < 4.78 is 40.4. The smallest absolute Gasteiger partial charge is 0.406 e. The van der Waals surface area contributed by atoms with Crippen molar-refractivity contribution in [3.8, 4) is 5.75 Å². The molecule has 2 amide bonds. The Bertz CT molecular complexity index is 921. The topological polar surface area (TPSA) is 125 Å². The molecule has 0 heterocycles. The lowest BCUT2D eigenvalue weighted by molar-refractivity contribution is -0.387. The normalized spacial score (nSPS) is 11.0. The van der Waals surface area contributed by atoms with Crippen molar-refractivity contribution in [3.63, 3.8) is 0 Å². The van der Waals surface area contributed by atoms with Gasteiger partial charge in [-0.25, -0.2) is 0 Å². The van der Waals surface area contributed by atoms with Gasteiger partial charge in [0.15, 0.2) is 0 Å². The maximum absolute atomic E-state index is 12.2. The van der Waals surface area contributed by atoms with Crippen LogP contribution in [0.25, 0.3) is 0 Å². The lowest BCUT2D eigenvalue weighted by Crippen LogP contribution is -2.18. The average molecular weight is 415 g/mol. The van der Waals surface area contributed by atoms with Gasteiger partial charge < -0.3 is 15.8 Å². The molecule has 0 aliphatic heterocycles. The minimum atomic E-state index is -4.87. The molecule has 12 heteroatoms. The van der Waals surface area contributed by atoms with E-state index < -0.39 is 34.5 Å². The number of primary amides is 1. The summed E-state index contributed by atoms with van der Waals surface area (Å²) >= 11 is 0.820. The van der Waals surface area contributed by atoms with E-state index in [1.54, 1.807) is 0 Å². The Balaban J connectivity index is 2.04. The number of amides is 2. The van der Waals surface area contributed by atoms with E-state index in [4.69, 9.17) is 5.73 Å². The summed E-state index contributed by atoms with van der Waals surface area (Å²) in [6.07, 6.45) is -4.87. The van der Waals surface area contributed by atoms with Gasteiger partial charge in [-0.15, -0.1) is 24.9 Å². The first-order chi connectivity index (χ1) is 13.0. The molecule has 0 saturated carbocycles. The van der Waals surface area contributed by atoms with E-state index in [0.717, 1.165) is 30.0 Å². The lowest BCUT2D eigenvalue weighted by atomic mass is 10.2. The number of ether oxygens (including phenoxy) is 1. The van der Waals surface area contributed by atoms with E-state index >= 15 is 0 Å². The number of nitrogens with zero attached hydrogens (tertiary/aromatic N) is 1. The van der Waals surface area contributed by atoms with Crippen molar-refractivity contribution < 1.29 is 32.4 Å². The molecule has 148 valence electrons. The molecule has 0 saturated heterocycles. The SMILES string of the molecule is NC(=O)c1ccc(SCC(=O)Nc2cccc(OC(F)(F)F)c2)c([N+](=O)[O-])c1. The van der Waals surface area contributed by atoms with Crippen molar-refractivity contribution in [1.29, 1.82) is 0 Å². The van der Waals surface area contributed by atoms with Gasteiger partial charge in [0.2, 0.25) is 11.8 Å². The third kappa shape index (κ3) is 6.16. The second-order valence-electron chi connectivity index (χ2n) is 5.22. The average Bonchev–Trinajstić information content (AvgIpc) is 2.58. The van der Waals surface area contributed by atoms with Crippen LogP contribution in [0.5, 0.6) is 5.75 Å². The fraction of sp³-hybridized carbons (Fsp3) is 0.125. The van der Waals surface area contributed by atoms with Gasteiger partial charge in [-0.2, -0.15) is 0 Å². The summed E-state index contributed by atoms with van der Waals surface area (Å²) in [5.41, 5.74) is 4.69. The van der Waals surface area contributed by atoms with Crippen molar-refractivity contribution in [3.05, 3.63) is 58.1 Å². The number of nitrogens with one attached hydrogen (secondary N) is 1. The van der Waals surface area contributed by atoms with E-state index in [-0.39, 0.29) is 21.9 Å². The van der Waals surface area contributed by atoms with E-state index in [1.807, 2.05) is 0 Å². The van der Waals surface area contributed by atoms with E-state index in [0.29, 0.717) is 0 Å². The Labute approximate surface area is 160 Å². The van der Waals surface area contributed by atoms with Gasteiger partial charge >= 0.3 is 6.36 Å². The van der Waals surface area contributed by atoms with E-state index in [2.05, 4.69) is 10.1 Å². The number of thioether (sulfide) groups is 1. The van der Waals surface area contributed by atoms with Crippen LogP contribution in [0.1, 0.15) is 10.4 Å². The number of halogens is 3. The number of nitro groups is 1. The fourth-order valence-corrected chi connectivity index (χ4v) is 2.85. The monoisotopic (exact) mass is 415 g/mol. The molecule has 3 N–H and O–H groups in total. The second-order valence-corrected chi connectivity index (χ2v) is 6.23. The first-order valence-corrected chi connectivity index (χ1v) is 8.40. The van der Waals surface area contributed by atoms with Gasteiger partial charge in [0, 0.05) is 23.4 Å². The van der Waals surface area contributed by atoms with E-state index in [1.165, 1.54) is 24.3 Å². The number of hydrogen-bond donors (Lipinski definition) is 2. The predicted molar refractivity (Wildman–Crippen MR) is 94.1 cm³/mol. The third-order valence-corrected chi connectivity index (χ3v) is 4.21. The van der Waals surface area contributed by atoms with Crippen LogP contribution in [0.3, 0.4) is 0 Å². The van der Waals surface area contributed by atoms with Gasteiger partial charge in [0.05, 0.1) is 15.6 Å². The molecule has 0 aromatic heterocycles. The first kappa shape index (κ1) is 21.0. The standard InChI is InChI=1S/C16H12F3N3O5S/c17-16(18,19)27-11-3-1-2-10(7-11)21-14(23)8-28-13-5-4-9(15(20)24)6-12(13)22(25)26/h1-7H,8H2,(H2,20,24)(H,21,23). The number of nitrogens with two attached hydrogens (primary N) is 1. The molecule has 2 aromatic rings. The van der Waals surface area contributed by atoms with Gasteiger partial charge in [-0.3, -0.25) is 19.7 Å². The molecular formula is C16H12F3N3O5S. The van der Waals surface area contributed by atoms with Gasteiger partial charge in [-0.1, -0.05) is 6.07 Å². The highest BCUT2D eigenvalue weighted by Gasteiger charge is 2.31. The molecular weight excluding hydrogens is 403 g/mol. The largest absolute Gasteiger partial charge is 0.573 e. The summed E-state index contributed by atoms with van der Waals surface area (Å²) in [7, 11) is 0. The highest BCUT2D eigenvalue weighted by atomic mass is 32.2. The van der Waals surface area contributed by atoms with Gasteiger partial charge in [-0.05, 0) is 24.3 Å². The number of carbonyl (C=O) groups is 2. The Morgan fingerprint density at radius 2 is 1.93 bits per heavy atom. The summed E-state index contributed by atoms with van der Waals surface area (Å²) in [5.74, 6) is -2.21. The zero-order valence-electron chi connectivity index (χ0n) is 13.9. The predicted octanol–water partition coefficient (Wildman–Crippen LogP) is 3.32. The van der Waals surface area contributed by atoms with Crippen LogP contribution in [0, 0.1) is 10.1 Å². The number of rotatable bonds is 7. The van der Waals surface area contributed by atoms with Crippen LogP contribution in [0.4, 0.5) is 24.5 Å². The highest BCUT2D eigenvalue weighted by molar-refractivity contribution is 8.00. The molecule has 0 fully saturated rings. The second kappa shape index (κ2) is 8.61. The lowest BCUT2D eigenvalue weighted by Gasteiger charge is -2.10. The van der Waals surface area contributed by atoms with Crippen LogP contribution in [-0.2, 0) is 4.79 Å². The molecule has 0 spiro atoms. The summed E-state index contributed by atoms with van der Waals surface area (Å²) in [5, 5.41) is 13.5. The van der Waals surface area contributed by atoms with Gasteiger partial charge in [0.1, 0.15) is 5.75 Å². The minimum absolute atomic E-state index is 0.0537. The maximum Gasteiger partial charge on any atom is 0.573 e. The van der Waals surface area contributed by atoms with Crippen molar-refractivity contribution in [1.82, 2.24) is 0 Å². The molecule has 0 atom stereocenters. The Morgan fingerprint density at radius 1 is 1.21 bits per heavy atom. The number of nitro benzene ring substituents is 1. The van der Waals surface area contributed by atoms with Crippen molar-refractivity contribution >= 4 is 35.0 Å². The molecule has 8 nitrogen and oxygen atoms in total. The van der Waals surface area contributed by atoms with Gasteiger partial charge in [0.25, 0.3) is 5.69 Å². The molecule has 0 aliphatic carbocycles. The Kier molecular flexibility index (Phi) is 6.46. The van der Waals surface area contributed by atoms with E-state index in [9.17, 15) is 32.9 Å². The fourth-order valence-electron chi connectivity index (χ4n) is 2.05. The van der Waals surface area contributed by atoms with Crippen molar-refractivity contribution in [2.75, 3.05) is 11.1 Å². The van der Waals surface area contributed by atoms with Crippen LogP contribution in [0.2, 0.25) is 0 Å². The van der Waals surface area contributed by atoms with Crippen LogP contribution < -0.4 is 15.8 Å². The Hall–Kier alpha value is -3.28. The molecule has 0 bridgehead atoms. The maximum atomic E-state index is 12.2. The van der Waals surface area contributed by atoms with Crippen LogP contribution >= 0.6 is 11.8 Å². The number of alkyl halides is 3. The highest BCUT2D eigenvalue weighted by Crippen LogP contribution is 2.30. The quantitative estimate of drug-likeness (QED) is 0.406. The summed E-state index contributed by atoms with van der Waals surface area (Å²) in [4.78, 5) is 33.6. The summed E-state index contributed by atoms with van der Waals surface area (Å²) in [6.45, 7) is 0. The van der Waals surface area contributed by atoms with Crippen LogP contribution in [0.15, 0.2) is 47.4 Å². The molecule has 28 heavy (non-hydrogen) atoms. The molecule has 0 unspecified atom stereocenters. The zero-order valence-corrected chi connectivity index (χ0v) is 14.7. The first-order valence-electron chi connectivity index (χ1n) is 7.42. The number of hydrogen-bond acceptors (Lipinski definition) is 6. The number of benzene rings is 2. The molecule has 2 aromatic carbocycles. The Morgan fingerprint density at radius 3 is 2.54 bits per heavy atom. The number of carbonyl (C=O) groups excluding carboxylic acids is 2. The molecule has 2 rings (SSSR count). The van der Waals surface area contributed by atoms with Crippen molar-refractivity contribution in [2.45, 2.75) is 11.3 Å². The molecule has 0 aliphatic rings. The minimum Gasteiger partial charge on any atom is -0.406 e. The molecule has 0 radical (unpaired) electrons. The zero-order chi connectivity index (χ0) is 20.9. The number of anilines is 1.